The van der Waals surface area contributed by atoms with Gasteiger partial charge in [-0.15, -0.1) is 0 Å². The maximum Gasteiger partial charge on any atom is 0.407 e. The average Bonchev–Trinajstić information content (AvgIpc) is 3.17. The Morgan fingerprint density at radius 3 is 2.12 bits per heavy atom. The molecule has 0 aliphatic heterocycles. The number of carboxylic acids is 1. The number of carboxylic acid groups (broad SMARTS) is 1. The van der Waals surface area contributed by atoms with E-state index in [1.54, 1.807) is 13.8 Å². The van der Waals surface area contributed by atoms with Crippen molar-refractivity contribution in [1.29, 1.82) is 0 Å². The first kappa shape index (κ1) is 25.3. The Balaban J connectivity index is 1.48. The Hall–Kier alpha value is -3.35. The summed E-state index contributed by atoms with van der Waals surface area (Å²) in [7, 11) is 0. The van der Waals surface area contributed by atoms with Crippen molar-refractivity contribution in [2.24, 2.45) is 11.3 Å². The van der Waals surface area contributed by atoms with Gasteiger partial charge in [-0.05, 0) is 41.5 Å². The van der Waals surface area contributed by atoms with Gasteiger partial charge < -0.3 is 20.5 Å². The Labute approximate surface area is 200 Å². The lowest BCUT2D eigenvalue weighted by atomic mass is 9.87. The summed E-state index contributed by atoms with van der Waals surface area (Å²) in [5, 5.41) is 14.8. The minimum absolute atomic E-state index is 0.00647. The monoisotopic (exact) mass is 466 g/mol. The lowest BCUT2D eigenvalue weighted by Gasteiger charge is -2.24. The molecule has 0 heterocycles. The summed E-state index contributed by atoms with van der Waals surface area (Å²) < 4.78 is 5.56. The molecule has 0 radical (unpaired) electrons. The molecule has 0 spiro atoms. The fourth-order valence-corrected chi connectivity index (χ4v) is 4.22. The van der Waals surface area contributed by atoms with Crippen LogP contribution in [0.2, 0.25) is 0 Å². The third-order valence-electron chi connectivity index (χ3n) is 6.90. The van der Waals surface area contributed by atoms with Gasteiger partial charge in [0, 0.05) is 25.4 Å². The molecule has 0 saturated carbocycles. The predicted octanol–water partition coefficient (Wildman–Crippen LogP) is 4.56. The molecule has 1 aliphatic rings. The molecule has 34 heavy (non-hydrogen) atoms. The van der Waals surface area contributed by atoms with E-state index in [9.17, 15) is 19.5 Å². The number of carbonyl (C=O) groups excluding carboxylic acids is 2. The molecule has 7 heteroatoms. The Kier molecular flexibility index (Phi) is 8.31. The first-order valence-corrected chi connectivity index (χ1v) is 11.9. The van der Waals surface area contributed by atoms with Gasteiger partial charge in [-0.2, -0.15) is 0 Å². The molecule has 182 valence electrons. The molecule has 0 aromatic heterocycles. The molecule has 0 fully saturated rings. The molecule has 7 nitrogen and oxygen atoms in total. The summed E-state index contributed by atoms with van der Waals surface area (Å²) in [6, 6.07) is 16.3. The highest BCUT2D eigenvalue weighted by atomic mass is 16.5. The molecule has 2 atom stereocenters. The number of amides is 2. The molecule has 3 rings (SSSR count). The van der Waals surface area contributed by atoms with Crippen LogP contribution in [0.15, 0.2) is 48.5 Å². The number of alkyl carbamates (subject to hydrolysis) is 1. The number of aliphatic carboxylic acids is 1. The van der Waals surface area contributed by atoms with Gasteiger partial charge in [0.1, 0.15) is 6.61 Å². The second kappa shape index (κ2) is 11.2. The van der Waals surface area contributed by atoms with Crippen molar-refractivity contribution < 1.29 is 24.2 Å². The first-order chi connectivity index (χ1) is 16.3. The van der Waals surface area contributed by atoms with Crippen molar-refractivity contribution in [3.05, 3.63) is 59.7 Å². The summed E-state index contributed by atoms with van der Waals surface area (Å²) in [4.78, 5) is 36.1. The molecular weight excluding hydrogens is 432 g/mol. The minimum atomic E-state index is -0.989. The SMILES string of the molecule is CCC(CNC(=O)OCC1c2ccccc2-c2ccccc21)CC(=O)NCC(C)(CC)C(=O)O. The van der Waals surface area contributed by atoms with Gasteiger partial charge in [-0.25, -0.2) is 4.79 Å². The fraction of sp³-hybridized carbons (Fsp3) is 0.444. The number of rotatable bonds is 11. The van der Waals surface area contributed by atoms with Crippen molar-refractivity contribution in [2.75, 3.05) is 19.7 Å². The zero-order chi connectivity index (χ0) is 24.7. The summed E-state index contributed by atoms with van der Waals surface area (Å²) in [6.45, 7) is 5.98. The topological polar surface area (TPSA) is 105 Å². The van der Waals surface area contributed by atoms with Gasteiger partial charge in [0.25, 0.3) is 0 Å². The summed E-state index contributed by atoms with van der Waals surface area (Å²) >= 11 is 0. The van der Waals surface area contributed by atoms with Gasteiger partial charge in [0.2, 0.25) is 5.91 Å². The molecular formula is C27H34N2O5. The van der Waals surface area contributed by atoms with Crippen molar-refractivity contribution in [3.63, 3.8) is 0 Å². The van der Waals surface area contributed by atoms with Gasteiger partial charge in [-0.1, -0.05) is 68.8 Å². The summed E-state index contributed by atoms with van der Waals surface area (Å²) in [5.74, 6) is -1.23. The van der Waals surface area contributed by atoms with Crippen LogP contribution in [0.1, 0.15) is 57.1 Å². The van der Waals surface area contributed by atoms with Crippen LogP contribution < -0.4 is 10.6 Å². The second-order valence-corrected chi connectivity index (χ2v) is 9.18. The van der Waals surface area contributed by atoms with Crippen molar-refractivity contribution in [2.45, 2.75) is 46.0 Å². The number of hydrogen-bond donors (Lipinski definition) is 3. The zero-order valence-corrected chi connectivity index (χ0v) is 20.1. The summed E-state index contributed by atoms with van der Waals surface area (Å²) in [5.41, 5.74) is 3.66. The number of ether oxygens (including phenoxy) is 1. The number of benzene rings is 2. The third kappa shape index (κ3) is 5.76. The lowest BCUT2D eigenvalue weighted by Crippen LogP contribution is -2.41. The maximum atomic E-state index is 12.4. The number of carbonyl (C=O) groups is 3. The van der Waals surface area contributed by atoms with Crippen LogP contribution in [0.5, 0.6) is 0 Å². The molecule has 1 aliphatic carbocycles. The van der Waals surface area contributed by atoms with E-state index in [-0.39, 0.29) is 37.3 Å². The van der Waals surface area contributed by atoms with Crippen LogP contribution in [0.25, 0.3) is 11.1 Å². The van der Waals surface area contributed by atoms with E-state index < -0.39 is 17.5 Å². The van der Waals surface area contributed by atoms with Crippen molar-refractivity contribution >= 4 is 18.0 Å². The molecule has 0 saturated heterocycles. The maximum absolute atomic E-state index is 12.4. The van der Waals surface area contributed by atoms with Crippen molar-refractivity contribution in [3.8, 4) is 11.1 Å². The van der Waals surface area contributed by atoms with Crippen LogP contribution in [-0.2, 0) is 14.3 Å². The summed E-state index contributed by atoms with van der Waals surface area (Å²) in [6.07, 6.45) is 0.814. The highest BCUT2D eigenvalue weighted by Crippen LogP contribution is 2.44. The van der Waals surface area contributed by atoms with Crippen molar-refractivity contribution in [1.82, 2.24) is 10.6 Å². The fourth-order valence-electron chi connectivity index (χ4n) is 4.22. The minimum Gasteiger partial charge on any atom is -0.481 e. The van der Waals surface area contributed by atoms with Gasteiger partial charge >= 0.3 is 12.1 Å². The van der Waals surface area contributed by atoms with Gasteiger partial charge in [0.15, 0.2) is 0 Å². The predicted molar refractivity (Wildman–Crippen MR) is 131 cm³/mol. The zero-order valence-electron chi connectivity index (χ0n) is 20.1. The lowest BCUT2D eigenvalue weighted by molar-refractivity contribution is -0.148. The van der Waals surface area contributed by atoms with E-state index in [1.165, 1.54) is 11.1 Å². The third-order valence-corrected chi connectivity index (χ3v) is 6.90. The van der Waals surface area contributed by atoms with Crippen LogP contribution in [0, 0.1) is 11.3 Å². The Bertz CT molecular complexity index is 992. The van der Waals surface area contributed by atoms with E-state index in [2.05, 4.69) is 34.9 Å². The van der Waals surface area contributed by atoms with E-state index in [4.69, 9.17) is 4.74 Å². The second-order valence-electron chi connectivity index (χ2n) is 9.18. The molecule has 0 bridgehead atoms. The van der Waals surface area contributed by atoms with E-state index in [0.717, 1.165) is 11.1 Å². The number of nitrogens with one attached hydrogen (secondary N) is 2. The molecule has 2 aromatic carbocycles. The standard InChI is InChI=1S/C27H34N2O5/c1-4-18(14-24(30)29-17-27(3,5-2)25(31)32)15-28-26(33)34-16-23-21-12-8-6-10-19(21)20-11-7-9-13-22(20)23/h6-13,18,23H,4-5,14-17H2,1-3H3,(H,28,33)(H,29,30)(H,31,32). The van der Waals surface area contributed by atoms with E-state index >= 15 is 0 Å². The van der Waals surface area contributed by atoms with Crippen LogP contribution >= 0.6 is 0 Å². The van der Waals surface area contributed by atoms with Gasteiger partial charge in [-0.3, -0.25) is 9.59 Å². The molecule has 3 N–H and O–H groups in total. The number of fused-ring (bicyclic) bond motifs is 3. The number of hydrogen-bond acceptors (Lipinski definition) is 4. The van der Waals surface area contributed by atoms with Crippen LogP contribution in [-0.4, -0.2) is 42.8 Å². The Morgan fingerprint density at radius 2 is 1.59 bits per heavy atom. The average molecular weight is 467 g/mol. The molecule has 2 amide bonds. The van der Waals surface area contributed by atoms with Crippen LogP contribution in [0.4, 0.5) is 4.79 Å². The van der Waals surface area contributed by atoms with Gasteiger partial charge in [0.05, 0.1) is 5.41 Å². The molecule has 2 aromatic rings. The quantitative estimate of drug-likeness (QED) is 0.450. The van der Waals surface area contributed by atoms with Crippen LogP contribution in [0.3, 0.4) is 0 Å². The first-order valence-electron chi connectivity index (χ1n) is 11.9. The smallest absolute Gasteiger partial charge is 0.407 e. The Morgan fingerprint density at radius 1 is 1.00 bits per heavy atom. The molecule has 2 unspecified atom stereocenters. The normalized spacial score (nSPS) is 14.9. The largest absolute Gasteiger partial charge is 0.481 e. The van der Waals surface area contributed by atoms with E-state index in [0.29, 0.717) is 19.4 Å². The highest BCUT2D eigenvalue weighted by Gasteiger charge is 2.32. The highest BCUT2D eigenvalue weighted by molar-refractivity contribution is 5.80. The van der Waals surface area contributed by atoms with E-state index in [1.807, 2.05) is 31.2 Å².